The van der Waals surface area contributed by atoms with Crippen LogP contribution in [-0.4, -0.2) is 39.0 Å². The van der Waals surface area contributed by atoms with Crippen LogP contribution in [0, 0.1) is 0 Å². The lowest BCUT2D eigenvalue weighted by molar-refractivity contribution is 0.178. The van der Waals surface area contributed by atoms with Crippen LogP contribution >= 0.6 is 7.26 Å². The highest BCUT2D eigenvalue weighted by Crippen LogP contribution is 2.71. The molecule has 140 valence electrons. The molecule has 0 aromatic carbocycles. The number of aliphatic hydroxyl groups excluding tert-OH is 3. The van der Waals surface area contributed by atoms with Crippen molar-refractivity contribution in [2.24, 2.45) is 0 Å². The molecular formula is C19H42O3P+. The van der Waals surface area contributed by atoms with Gasteiger partial charge >= 0.3 is 0 Å². The highest BCUT2D eigenvalue weighted by molar-refractivity contribution is 7.77. The largest absolute Gasteiger partial charge is 0.359 e. The topological polar surface area (TPSA) is 60.7 Å². The van der Waals surface area contributed by atoms with E-state index in [1.807, 2.05) is 20.8 Å². The molecule has 0 saturated heterocycles. The van der Waals surface area contributed by atoms with Crippen LogP contribution in [0.25, 0.3) is 0 Å². The number of hydrogen-bond donors (Lipinski definition) is 3. The minimum atomic E-state index is -2.17. The highest BCUT2D eigenvalue weighted by Gasteiger charge is 2.54. The second-order valence-corrected chi connectivity index (χ2v) is 11.1. The summed E-state index contributed by atoms with van der Waals surface area (Å²) < 4.78 is 0. The number of aliphatic hydroxyl groups is 3. The third-order valence-corrected chi connectivity index (χ3v) is 10.7. The lowest BCUT2D eigenvalue weighted by atomic mass is 10.1. The summed E-state index contributed by atoms with van der Waals surface area (Å²) >= 11 is 0. The second-order valence-electron chi connectivity index (χ2n) is 6.86. The fourth-order valence-electron chi connectivity index (χ4n) is 3.58. The normalized spacial score (nSPS) is 18.4. The molecule has 0 heterocycles. The molecule has 0 aliphatic heterocycles. The average Bonchev–Trinajstić information content (AvgIpc) is 2.58. The first kappa shape index (κ1) is 23.3. The van der Waals surface area contributed by atoms with Crippen LogP contribution in [0.4, 0.5) is 0 Å². The van der Waals surface area contributed by atoms with Crippen LogP contribution in [0.15, 0.2) is 0 Å². The quantitative estimate of drug-likeness (QED) is 0.277. The van der Waals surface area contributed by atoms with Crippen molar-refractivity contribution in [3.05, 3.63) is 0 Å². The van der Waals surface area contributed by atoms with E-state index in [9.17, 15) is 15.3 Å². The van der Waals surface area contributed by atoms with Crippen molar-refractivity contribution < 1.29 is 15.3 Å². The van der Waals surface area contributed by atoms with Gasteiger partial charge in [0.05, 0.1) is 6.16 Å². The van der Waals surface area contributed by atoms with E-state index in [2.05, 4.69) is 6.92 Å². The predicted molar refractivity (Wildman–Crippen MR) is 103 cm³/mol. The van der Waals surface area contributed by atoms with E-state index >= 15 is 0 Å². The molecule has 0 spiro atoms. The standard InChI is InChI=1S/C19H42O3P/c1-5-9-10-11-12-13-14-15-16-23(17(20)6-2,18(21)7-3)19(22)8-4/h17-22H,5-16H2,1-4H3/q+1. The third-order valence-electron chi connectivity index (χ3n) is 5.16. The summed E-state index contributed by atoms with van der Waals surface area (Å²) in [5, 5.41) is 31.8. The van der Waals surface area contributed by atoms with E-state index in [4.69, 9.17) is 0 Å². The van der Waals surface area contributed by atoms with E-state index in [0.29, 0.717) is 19.3 Å². The van der Waals surface area contributed by atoms with Crippen LogP contribution in [-0.2, 0) is 0 Å². The van der Waals surface area contributed by atoms with E-state index in [0.717, 1.165) is 19.0 Å². The number of rotatable bonds is 15. The van der Waals surface area contributed by atoms with Gasteiger partial charge in [0.2, 0.25) is 0 Å². The second kappa shape index (κ2) is 13.6. The molecule has 0 bridgehead atoms. The summed E-state index contributed by atoms with van der Waals surface area (Å²) in [6.45, 7) is 8.11. The molecule has 3 nitrogen and oxygen atoms in total. The molecule has 0 saturated carbocycles. The lowest BCUT2D eigenvalue weighted by Gasteiger charge is -2.38. The maximum Gasteiger partial charge on any atom is 0.169 e. The van der Waals surface area contributed by atoms with Gasteiger partial charge in [0.25, 0.3) is 0 Å². The van der Waals surface area contributed by atoms with Crippen LogP contribution in [0.3, 0.4) is 0 Å². The van der Waals surface area contributed by atoms with Crippen LogP contribution < -0.4 is 0 Å². The Morgan fingerprint density at radius 1 is 0.565 bits per heavy atom. The van der Waals surface area contributed by atoms with Gasteiger partial charge in [0, 0.05) is 19.3 Å². The monoisotopic (exact) mass is 349 g/mol. The molecule has 0 aliphatic rings. The number of unbranched alkanes of at least 4 members (excludes halogenated alkanes) is 7. The summed E-state index contributed by atoms with van der Waals surface area (Å²) in [6.07, 6.45) is 12.7. The van der Waals surface area contributed by atoms with Crippen molar-refractivity contribution in [2.45, 2.75) is 116 Å². The zero-order valence-corrected chi connectivity index (χ0v) is 16.9. The van der Waals surface area contributed by atoms with E-state index < -0.39 is 24.8 Å². The van der Waals surface area contributed by atoms with Crippen molar-refractivity contribution in [2.75, 3.05) is 6.16 Å². The molecule has 0 aliphatic carbocycles. The van der Waals surface area contributed by atoms with Crippen molar-refractivity contribution in [1.82, 2.24) is 0 Å². The van der Waals surface area contributed by atoms with Gasteiger partial charge in [-0.25, -0.2) is 0 Å². The van der Waals surface area contributed by atoms with E-state index in [1.54, 1.807) is 0 Å². The van der Waals surface area contributed by atoms with E-state index in [-0.39, 0.29) is 0 Å². The lowest BCUT2D eigenvalue weighted by Crippen LogP contribution is -2.34. The van der Waals surface area contributed by atoms with Gasteiger partial charge in [0.15, 0.2) is 17.5 Å². The predicted octanol–water partition coefficient (Wildman–Crippen LogP) is 5.33. The Morgan fingerprint density at radius 3 is 1.26 bits per heavy atom. The first-order valence-electron chi connectivity index (χ1n) is 9.92. The van der Waals surface area contributed by atoms with Crippen LogP contribution in [0.1, 0.15) is 98.3 Å². The van der Waals surface area contributed by atoms with Crippen molar-refractivity contribution in [1.29, 1.82) is 0 Å². The summed E-state index contributed by atoms with van der Waals surface area (Å²) in [7, 11) is -2.17. The maximum absolute atomic E-state index is 10.6. The summed E-state index contributed by atoms with van der Waals surface area (Å²) in [4.78, 5) is 0. The van der Waals surface area contributed by atoms with Gasteiger partial charge < -0.3 is 15.3 Å². The fourth-order valence-corrected chi connectivity index (χ4v) is 8.48. The zero-order valence-electron chi connectivity index (χ0n) is 16.0. The molecule has 0 aromatic heterocycles. The highest BCUT2D eigenvalue weighted by atomic mass is 31.2. The van der Waals surface area contributed by atoms with Gasteiger partial charge in [0.1, 0.15) is 7.26 Å². The molecule has 3 unspecified atom stereocenters. The molecule has 0 radical (unpaired) electrons. The van der Waals surface area contributed by atoms with Gasteiger partial charge in [-0.2, -0.15) is 0 Å². The van der Waals surface area contributed by atoms with E-state index in [1.165, 1.54) is 38.5 Å². The van der Waals surface area contributed by atoms with Gasteiger partial charge in [-0.15, -0.1) is 0 Å². The zero-order chi connectivity index (χ0) is 17.7. The average molecular weight is 350 g/mol. The Labute approximate surface area is 145 Å². The molecule has 0 fully saturated rings. The summed E-state index contributed by atoms with van der Waals surface area (Å²) in [5.41, 5.74) is 0. The third kappa shape index (κ3) is 7.38. The molecule has 4 heteroatoms. The minimum absolute atomic E-state index is 0.531. The van der Waals surface area contributed by atoms with Gasteiger partial charge in [-0.1, -0.05) is 66.2 Å². The fraction of sp³-hybridized carbons (Fsp3) is 1.00. The molecule has 0 aromatic rings. The van der Waals surface area contributed by atoms with Crippen molar-refractivity contribution in [3.63, 3.8) is 0 Å². The SMILES string of the molecule is CCCCCCCCCC[P+](C(O)CC)(C(O)CC)C(O)CC. The molecule has 23 heavy (non-hydrogen) atoms. The van der Waals surface area contributed by atoms with Crippen LogP contribution in [0.5, 0.6) is 0 Å². The smallest absolute Gasteiger partial charge is 0.169 e. The van der Waals surface area contributed by atoms with Crippen molar-refractivity contribution >= 4 is 7.26 Å². The van der Waals surface area contributed by atoms with Crippen molar-refractivity contribution in [3.8, 4) is 0 Å². The van der Waals surface area contributed by atoms with Crippen LogP contribution in [0.2, 0.25) is 0 Å². The van der Waals surface area contributed by atoms with Gasteiger partial charge in [-0.05, 0) is 12.8 Å². The number of hydrogen-bond acceptors (Lipinski definition) is 3. The Hall–Kier alpha value is 0.310. The molecule has 0 amide bonds. The Balaban J connectivity index is 4.52. The Morgan fingerprint density at radius 2 is 0.913 bits per heavy atom. The summed E-state index contributed by atoms with van der Waals surface area (Å²) in [6, 6.07) is 0. The molecule has 3 N–H and O–H groups in total. The first-order valence-corrected chi connectivity index (χ1v) is 12.1. The Bertz CT molecular complexity index is 247. The molecule has 3 atom stereocenters. The summed E-state index contributed by atoms with van der Waals surface area (Å²) in [5.74, 6) is -1.59. The minimum Gasteiger partial charge on any atom is -0.359 e. The molecular weight excluding hydrogens is 307 g/mol. The first-order chi connectivity index (χ1) is 11.0. The van der Waals surface area contributed by atoms with Gasteiger partial charge in [-0.3, -0.25) is 0 Å². The maximum atomic E-state index is 10.6. The molecule has 0 rings (SSSR count). The Kier molecular flexibility index (Phi) is 13.8.